The number of benzene rings is 1. The first-order chi connectivity index (χ1) is 9.11. The second kappa shape index (κ2) is 6.62. The van der Waals surface area contributed by atoms with Gasteiger partial charge >= 0.3 is 0 Å². The summed E-state index contributed by atoms with van der Waals surface area (Å²) in [5.74, 6) is -0.168. The molecule has 2 aromatic rings. The molecule has 1 aromatic heterocycles. The van der Waals surface area contributed by atoms with Crippen molar-refractivity contribution < 1.29 is 4.79 Å². The van der Waals surface area contributed by atoms with Crippen LogP contribution < -0.4 is 5.32 Å². The van der Waals surface area contributed by atoms with Gasteiger partial charge in [0.2, 0.25) is 0 Å². The van der Waals surface area contributed by atoms with E-state index in [1.807, 2.05) is 6.92 Å². The zero-order valence-corrected chi connectivity index (χ0v) is 13.8. The summed E-state index contributed by atoms with van der Waals surface area (Å²) in [6.45, 7) is 2.04. The number of carbonyl (C=O) groups is 1. The standard InChI is InChI=1S/C12H11ClIN3OS/c1-2-3-10-11(19-17-16-10)12(18)15-9-5-4-7(13)6-8(9)14/h4-6H,2-3H2,1H3,(H,15,18). The summed E-state index contributed by atoms with van der Waals surface area (Å²) >= 11 is 9.14. The molecular formula is C12H11ClIN3OS. The molecule has 0 radical (unpaired) electrons. The zero-order valence-electron chi connectivity index (χ0n) is 10.1. The Morgan fingerprint density at radius 1 is 1.53 bits per heavy atom. The van der Waals surface area contributed by atoms with Crippen molar-refractivity contribution in [3.05, 3.63) is 37.4 Å². The van der Waals surface area contributed by atoms with Gasteiger partial charge in [-0.05, 0) is 58.7 Å². The molecule has 2 rings (SSSR count). The summed E-state index contributed by atoms with van der Waals surface area (Å²) in [6.07, 6.45) is 1.70. The fourth-order valence-corrected chi connectivity index (χ4v) is 3.16. The Balaban J connectivity index is 2.18. The van der Waals surface area contributed by atoms with Gasteiger partial charge in [0.15, 0.2) is 0 Å². The molecule has 7 heteroatoms. The monoisotopic (exact) mass is 407 g/mol. The van der Waals surface area contributed by atoms with Crippen molar-refractivity contribution in [2.45, 2.75) is 19.8 Å². The van der Waals surface area contributed by atoms with Gasteiger partial charge in [-0.3, -0.25) is 4.79 Å². The summed E-state index contributed by atoms with van der Waals surface area (Å²) in [4.78, 5) is 12.8. The van der Waals surface area contributed by atoms with Crippen molar-refractivity contribution in [3.63, 3.8) is 0 Å². The van der Waals surface area contributed by atoms with Gasteiger partial charge in [-0.1, -0.05) is 29.4 Å². The number of aryl methyl sites for hydroxylation is 1. The first kappa shape index (κ1) is 14.7. The number of hydrogen-bond acceptors (Lipinski definition) is 4. The number of anilines is 1. The molecule has 1 aromatic carbocycles. The molecule has 1 N–H and O–H groups in total. The number of carbonyl (C=O) groups excluding carboxylic acids is 1. The van der Waals surface area contributed by atoms with Gasteiger partial charge < -0.3 is 5.32 Å². The number of halogens is 2. The summed E-state index contributed by atoms with van der Waals surface area (Å²) in [5, 5.41) is 7.50. The molecule has 0 unspecified atom stereocenters. The second-order valence-corrected chi connectivity index (χ2v) is 6.23. The van der Waals surface area contributed by atoms with Crippen molar-refractivity contribution in [1.29, 1.82) is 0 Å². The third kappa shape index (κ3) is 3.64. The van der Waals surface area contributed by atoms with E-state index in [-0.39, 0.29) is 5.91 Å². The molecule has 1 heterocycles. The van der Waals surface area contributed by atoms with Crippen LogP contribution in [0.4, 0.5) is 5.69 Å². The molecule has 0 bridgehead atoms. The van der Waals surface area contributed by atoms with Crippen LogP contribution >= 0.6 is 45.7 Å². The van der Waals surface area contributed by atoms with Crippen molar-refractivity contribution in [2.24, 2.45) is 0 Å². The largest absolute Gasteiger partial charge is 0.320 e. The normalized spacial score (nSPS) is 10.5. The number of hydrogen-bond donors (Lipinski definition) is 1. The molecule has 0 spiro atoms. The smallest absolute Gasteiger partial charge is 0.269 e. The average Bonchev–Trinajstić information content (AvgIpc) is 2.81. The molecule has 1 amide bonds. The maximum absolute atomic E-state index is 12.2. The third-order valence-corrected chi connectivity index (χ3v) is 4.32. The highest BCUT2D eigenvalue weighted by Gasteiger charge is 2.16. The zero-order chi connectivity index (χ0) is 13.8. The Hall–Kier alpha value is -0.730. The van der Waals surface area contributed by atoms with E-state index in [9.17, 15) is 4.79 Å². The van der Waals surface area contributed by atoms with Gasteiger partial charge in [0.05, 0.1) is 11.4 Å². The lowest BCUT2D eigenvalue weighted by molar-refractivity contribution is 0.102. The van der Waals surface area contributed by atoms with Gasteiger partial charge in [-0.2, -0.15) is 0 Å². The lowest BCUT2D eigenvalue weighted by atomic mass is 10.2. The topological polar surface area (TPSA) is 54.9 Å². The van der Waals surface area contributed by atoms with Crippen molar-refractivity contribution >= 4 is 57.3 Å². The molecule has 19 heavy (non-hydrogen) atoms. The van der Waals surface area contributed by atoms with Crippen molar-refractivity contribution in [1.82, 2.24) is 9.59 Å². The highest BCUT2D eigenvalue weighted by atomic mass is 127. The van der Waals surface area contributed by atoms with Gasteiger partial charge in [0.1, 0.15) is 4.88 Å². The van der Waals surface area contributed by atoms with E-state index in [1.165, 1.54) is 0 Å². The van der Waals surface area contributed by atoms with E-state index in [0.29, 0.717) is 9.90 Å². The van der Waals surface area contributed by atoms with Crippen LogP contribution in [0.15, 0.2) is 18.2 Å². The third-order valence-electron chi connectivity index (χ3n) is 2.43. The minimum Gasteiger partial charge on any atom is -0.320 e. The highest BCUT2D eigenvalue weighted by Crippen LogP contribution is 2.23. The predicted molar refractivity (Wildman–Crippen MR) is 86.0 cm³/mol. The molecule has 100 valence electrons. The fraction of sp³-hybridized carbons (Fsp3) is 0.250. The number of nitrogens with zero attached hydrogens (tertiary/aromatic N) is 2. The van der Waals surface area contributed by atoms with Crippen LogP contribution in [-0.2, 0) is 6.42 Å². The molecule has 0 saturated carbocycles. The minimum absolute atomic E-state index is 0.168. The van der Waals surface area contributed by atoms with E-state index in [0.717, 1.165) is 39.3 Å². The fourth-order valence-electron chi connectivity index (χ4n) is 1.55. The average molecular weight is 408 g/mol. The Morgan fingerprint density at radius 2 is 2.32 bits per heavy atom. The van der Waals surface area contributed by atoms with Gasteiger partial charge in [0.25, 0.3) is 5.91 Å². The quantitative estimate of drug-likeness (QED) is 0.780. The lowest BCUT2D eigenvalue weighted by Crippen LogP contribution is -2.13. The minimum atomic E-state index is -0.168. The summed E-state index contributed by atoms with van der Waals surface area (Å²) < 4.78 is 4.74. The first-order valence-corrected chi connectivity index (χ1v) is 7.92. The van der Waals surface area contributed by atoms with Crippen LogP contribution in [0.1, 0.15) is 28.7 Å². The van der Waals surface area contributed by atoms with Gasteiger partial charge in [0, 0.05) is 8.59 Å². The predicted octanol–water partition coefficient (Wildman–Crippen LogP) is 4.00. The van der Waals surface area contributed by atoms with Crippen molar-refractivity contribution in [2.75, 3.05) is 5.32 Å². The Morgan fingerprint density at radius 3 is 3.00 bits per heavy atom. The maximum atomic E-state index is 12.2. The molecular weight excluding hydrogens is 397 g/mol. The molecule has 0 saturated heterocycles. The van der Waals surface area contributed by atoms with Crippen LogP contribution in [0.3, 0.4) is 0 Å². The van der Waals surface area contributed by atoms with E-state index in [2.05, 4.69) is 37.5 Å². The SMILES string of the molecule is CCCc1nnsc1C(=O)Nc1ccc(Cl)cc1I. The van der Waals surface area contributed by atoms with Gasteiger partial charge in [-0.25, -0.2) is 0 Å². The first-order valence-electron chi connectivity index (χ1n) is 5.69. The van der Waals surface area contributed by atoms with Crippen LogP contribution in [0.2, 0.25) is 5.02 Å². The number of nitrogens with one attached hydrogen (secondary N) is 1. The van der Waals surface area contributed by atoms with Gasteiger partial charge in [-0.15, -0.1) is 5.10 Å². The van der Waals surface area contributed by atoms with Crippen LogP contribution in [0.25, 0.3) is 0 Å². The maximum Gasteiger partial charge on any atom is 0.269 e. The Kier molecular flexibility index (Phi) is 5.12. The van der Waals surface area contributed by atoms with Crippen LogP contribution in [0, 0.1) is 3.57 Å². The second-order valence-electron chi connectivity index (χ2n) is 3.88. The highest BCUT2D eigenvalue weighted by molar-refractivity contribution is 14.1. The van der Waals surface area contributed by atoms with Crippen LogP contribution in [-0.4, -0.2) is 15.5 Å². The van der Waals surface area contributed by atoms with Crippen LogP contribution in [0.5, 0.6) is 0 Å². The molecule has 0 aliphatic rings. The number of rotatable bonds is 4. The molecule has 4 nitrogen and oxygen atoms in total. The van der Waals surface area contributed by atoms with Crippen molar-refractivity contribution in [3.8, 4) is 0 Å². The summed E-state index contributed by atoms with van der Waals surface area (Å²) in [5.41, 5.74) is 1.50. The molecule has 0 aliphatic carbocycles. The Bertz CT molecular complexity index is 602. The molecule has 0 aliphatic heterocycles. The van der Waals surface area contributed by atoms with E-state index >= 15 is 0 Å². The number of aromatic nitrogens is 2. The van der Waals surface area contributed by atoms with E-state index < -0.39 is 0 Å². The van der Waals surface area contributed by atoms with E-state index in [4.69, 9.17) is 11.6 Å². The molecule has 0 fully saturated rings. The summed E-state index contributed by atoms with van der Waals surface area (Å²) in [6, 6.07) is 5.34. The summed E-state index contributed by atoms with van der Waals surface area (Å²) in [7, 11) is 0. The van der Waals surface area contributed by atoms with E-state index in [1.54, 1.807) is 18.2 Å². The number of amides is 1. The Labute approximate surface area is 133 Å². The lowest BCUT2D eigenvalue weighted by Gasteiger charge is -2.07. The molecule has 0 atom stereocenters.